The van der Waals surface area contributed by atoms with E-state index in [4.69, 9.17) is 5.73 Å². The number of amides is 1. The smallest absolute Gasteiger partial charge is 0.227 e. The van der Waals surface area contributed by atoms with E-state index in [-0.39, 0.29) is 11.9 Å². The Labute approximate surface area is 121 Å². The summed E-state index contributed by atoms with van der Waals surface area (Å²) in [7, 11) is 0. The average Bonchev–Trinajstić information content (AvgIpc) is 2.77. The van der Waals surface area contributed by atoms with Crippen molar-refractivity contribution in [2.24, 2.45) is 11.1 Å². The van der Waals surface area contributed by atoms with Crippen molar-refractivity contribution < 1.29 is 4.79 Å². The molecule has 3 heteroatoms. The Hall–Kier alpha value is -1.35. The molecule has 1 fully saturated rings. The van der Waals surface area contributed by atoms with Gasteiger partial charge in [-0.15, -0.1) is 0 Å². The standard InChI is InChI=1S/C17H26N2O/c1-12(2)14-8-6-13(7-9-14)11-19-16(20)17(3)10-4-5-15(17)18/h6-9,12,15H,4-5,10-11,18H2,1-3H3,(H,19,20). The molecule has 2 atom stereocenters. The van der Waals surface area contributed by atoms with Crippen LogP contribution in [-0.4, -0.2) is 11.9 Å². The minimum atomic E-state index is -0.391. The van der Waals surface area contributed by atoms with Gasteiger partial charge in [0.25, 0.3) is 0 Å². The molecule has 1 amide bonds. The Kier molecular flexibility index (Phi) is 4.48. The van der Waals surface area contributed by atoms with Crippen LogP contribution in [0, 0.1) is 5.41 Å². The zero-order valence-electron chi connectivity index (χ0n) is 12.8. The van der Waals surface area contributed by atoms with Crippen molar-refractivity contribution in [2.45, 2.75) is 58.5 Å². The number of nitrogens with one attached hydrogen (secondary N) is 1. The highest BCUT2D eigenvalue weighted by Crippen LogP contribution is 2.36. The van der Waals surface area contributed by atoms with Gasteiger partial charge in [0.15, 0.2) is 0 Å². The van der Waals surface area contributed by atoms with Crippen molar-refractivity contribution >= 4 is 5.91 Å². The molecule has 20 heavy (non-hydrogen) atoms. The molecule has 1 aromatic carbocycles. The topological polar surface area (TPSA) is 55.1 Å². The Bertz CT molecular complexity index is 466. The highest BCUT2D eigenvalue weighted by molar-refractivity contribution is 5.83. The molecule has 0 saturated heterocycles. The molecule has 1 aliphatic carbocycles. The van der Waals surface area contributed by atoms with E-state index >= 15 is 0 Å². The van der Waals surface area contributed by atoms with E-state index in [0.29, 0.717) is 12.5 Å². The van der Waals surface area contributed by atoms with E-state index in [2.05, 4.69) is 43.4 Å². The van der Waals surface area contributed by atoms with Crippen LogP contribution in [0.15, 0.2) is 24.3 Å². The third-order valence-corrected chi connectivity index (χ3v) is 4.65. The Morgan fingerprint density at radius 2 is 2.05 bits per heavy atom. The third-order valence-electron chi connectivity index (χ3n) is 4.65. The van der Waals surface area contributed by atoms with Gasteiger partial charge in [-0.2, -0.15) is 0 Å². The highest BCUT2D eigenvalue weighted by Gasteiger charge is 2.42. The summed E-state index contributed by atoms with van der Waals surface area (Å²) in [4.78, 5) is 12.3. The summed E-state index contributed by atoms with van der Waals surface area (Å²) in [6, 6.07) is 8.44. The Morgan fingerprint density at radius 1 is 1.40 bits per heavy atom. The van der Waals surface area contributed by atoms with Gasteiger partial charge in [0.05, 0.1) is 5.41 Å². The van der Waals surface area contributed by atoms with Crippen LogP contribution < -0.4 is 11.1 Å². The zero-order valence-corrected chi connectivity index (χ0v) is 12.8. The van der Waals surface area contributed by atoms with Crippen molar-refractivity contribution in [3.8, 4) is 0 Å². The molecule has 110 valence electrons. The second kappa shape index (κ2) is 5.96. The summed E-state index contributed by atoms with van der Waals surface area (Å²) in [6.45, 7) is 6.93. The lowest BCUT2D eigenvalue weighted by Crippen LogP contribution is -2.47. The van der Waals surface area contributed by atoms with Crippen molar-refractivity contribution in [3.05, 3.63) is 35.4 Å². The largest absolute Gasteiger partial charge is 0.352 e. The monoisotopic (exact) mass is 274 g/mol. The van der Waals surface area contributed by atoms with Gasteiger partial charge < -0.3 is 11.1 Å². The van der Waals surface area contributed by atoms with Crippen molar-refractivity contribution in [1.29, 1.82) is 0 Å². The first-order valence-electron chi connectivity index (χ1n) is 7.56. The van der Waals surface area contributed by atoms with Gasteiger partial charge in [-0.05, 0) is 36.8 Å². The summed E-state index contributed by atoms with van der Waals surface area (Å²) in [5.41, 5.74) is 8.15. The number of hydrogen-bond donors (Lipinski definition) is 2. The van der Waals surface area contributed by atoms with Crippen molar-refractivity contribution in [3.63, 3.8) is 0 Å². The van der Waals surface area contributed by atoms with Crippen LogP contribution >= 0.6 is 0 Å². The van der Waals surface area contributed by atoms with Crippen LogP contribution in [-0.2, 0) is 11.3 Å². The van der Waals surface area contributed by atoms with Crippen LogP contribution in [0.2, 0.25) is 0 Å². The average molecular weight is 274 g/mol. The quantitative estimate of drug-likeness (QED) is 0.887. The number of carbonyl (C=O) groups excluding carboxylic acids is 1. The maximum absolute atomic E-state index is 12.3. The molecule has 0 heterocycles. The fourth-order valence-electron chi connectivity index (χ4n) is 2.88. The molecule has 1 aromatic rings. The molecule has 1 aliphatic rings. The number of hydrogen-bond acceptors (Lipinski definition) is 2. The van der Waals surface area contributed by atoms with Gasteiger partial charge in [-0.25, -0.2) is 0 Å². The molecule has 0 spiro atoms. The molecular weight excluding hydrogens is 248 g/mol. The van der Waals surface area contributed by atoms with E-state index in [9.17, 15) is 4.79 Å². The molecule has 2 unspecified atom stereocenters. The molecule has 3 N–H and O–H groups in total. The second-order valence-electron chi connectivity index (χ2n) is 6.50. The van der Waals surface area contributed by atoms with Crippen LogP contribution in [0.25, 0.3) is 0 Å². The third kappa shape index (κ3) is 3.04. The van der Waals surface area contributed by atoms with Gasteiger partial charge in [-0.1, -0.05) is 44.5 Å². The SMILES string of the molecule is CC(C)c1ccc(CNC(=O)C2(C)CCCC2N)cc1. The Morgan fingerprint density at radius 3 is 2.55 bits per heavy atom. The van der Waals surface area contributed by atoms with Gasteiger partial charge in [-0.3, -0.25) is 4.79 Å². The van der Waals surface area contributed by atoms with E-state index in [0.717, 1.165) is 24.8 Å². The lowest BCUT2D eigenvalue weighted by Gasteiger charge is -2.27. The fourth-order valence-corrected chi connectivity index (χ4v) is 2.88. The molecule has 1 saturated carbocycles. The number of benzene rings is 1. The summed E-state index contributed by atoms with van der Waals surface area (Å²) in [5, 5.41) is 3.04. The zero-order chi connectivity index (χ0) is 14.8. The molecule has 2 rings (SSSR count). The Balaban J connectivity index is 1.93. The number of nitrogens with two attached hydrogens (primary N) is 1. The molecule has 0 aromatic heterocycles. The summed E-state index contributed by atoms with van der Waals surface area (Å²) >= 11 is 0. The minimum absolute atomic E-state index is 0.00850. The van der Waals surface area contributed by atoms with Crippen molar-refractivity contribution in [2.75, 3.05) is 0 Å². The van der Waals surface area contributed by atoms with Crippen molar-refractivity contribution in [1.82, 2.24) is 5.32 Å². The highest BCUT2D eigenvalue weighted by atomic mass is 16.2. The first-order chi connectivity index (χ1) is 9.43. The van der Waals surface area contributed by atoms with Crippen LogP contribution in [0.3, 0.4) is 0 Å². The first-order valence-corrected chi connectivity index (χ1v) is 7.56. The maximum atomic E-state index is 12.3. The predicted octanol–water partition coefficient (Wildman–Crippen LogP) is 2.94. The molecular formula is C17H26N2O. The second-order valence-corrected chi connectivity index (χ2v) is 6.50. The summed E-state index contributed by atoms with van der Waals surface area (Å²) < 4.78 is 0. The normalized spacial score (nSPS) is 25.9. The number of carbonyl (C=O) groups is 1. The van der Waals surface area contributed by atoms with Gasteiger partial charge >= 0.3 is 0 Å². The van der Waals surface area contributed by atoms with E-state index < -0.39 is 5.41 Å². The number of rotatable bonds is 4. The molecule has 0 radical (unpaired) electrons. The van der Waals surface area contributed by atoms with Gasteiger partial charge in [0, 0.05) is 12.6 Å². The minimum Gasteiger partial charge on any atom is -0.352 e. The van der Waals surface area contributed by atoms with Crippen LogP contribution in [0.1, 0.15) is 57.1 Å². The molecule has 3 nitrogen and oxygen atoms in total. The molecule has 0 bridgehead atoms. The van der Waals surface area contributed by atoms with E-state index in [1.165, 1.54) is 5.56 Å². The maximum Gasteiger partial charge on any atom is 0.227 e. The lowest BCUT2D eigenvalue weighted by atomic mass is 9.84. The van der Waals surface area contributed by atoms with E-state index in [1.807, 2.05) is 6.92 Å². The van der Waals surface area contributed by atoms with Gasteiger partial charge in [0.2, 0.25) is 5.91 Å². The summed E-state index contributed by atoms with van der Waals surface area (Å²) in [5.74, 6) is 0.629. The van der Waals surface area contributed by atoms with Gasteiger partial charge in [0.1, 0.15) is 0 Å². The lowest BCUT2D eigenvalue weighted by molar-refractivity contribution is -0.130. The first kappa shape index (κ1) is 15.0. The predicted molar refractivity (Wildman–Crippen MR) is 82.3 cm³/mol. The van der Waals surface area contributed by atoms with Crippen LogP contribution in [0.5, 0.6) is 0 Å². The molecule has 0 aliphatic heterocycles. The fraction of sp³-hybridized carbons (Fsp3) is 0.588. The summed E-state index contributed by atoms with van der Waals surface area (Å²) in [6.07, 6.45) is 2.90. The van der Waals surface area contributed by atoms with E-state index in [1.54, 1.807) is 0 Å². The van der Waals surface area contributed by atoms with Crippen LogP contribution in [0.4, 0.5) is 0 Å².